The topological polar surface area (TPSA) is 108 Å². The lowest BCUT2D eigenvalue weighted by Crippen LogP contribution is -2.34. The van der Waals surface area contributed by atoms with E-state index in [0.717, 1.165) is 0 Å². The van der Waals surface area contributed by atoms with E-state index in [4.69, 9.17) is 35.0 Å². The highest BCUT2D eigenvalue weighted by molar-refractivity contribution is 6.31. The van der Waals surface area contributed by atoms with E-state index in [-0.39, 0.29) is 30.4 Å². The van der Waals surface area contributed by atoms with Gasteiger partial charge in [0.05, 0.1) is 39.0 Å². The smallest absolute Gasteiger partial charge is 0.290 e. The maximum atomic E-state index is 13.8. The van der Waals surface area contributed by atoms with Gasteiger partial charge in [0.2, 0.25) is 5.78 Å². The Kier molecular flexibility index (Phi) is 8.18. The van der Waals surface area contributed by atoms with E-state index < -0.39 is 23.5 Å². The second kappa shape index (κ2) is 11.4. The normalized spacial score (nSPS) is 15.6. The summed E-state index contributed by atoms with van der Waals surface area (Å²) >= 11 is 6.18. The van der Waals surface area contributed by atoms with Gasteiger partial charge < -0.3 is 33.4 Å². The number of ether oxygens (including phenoxy) is 4. The monoisotopic (exact) mass is 543 g/mol. The lowest BCUT2D eigenvalue weighted by atomic mass is 9.94. The summed E-state index contributed by atoms with van der Waals surface area (Å²) in [6.07, 6.45) is 0. The standard InChI is InChI=1S/C28H30ClNO8/c1-15(2)14-37-20-11-16(6-7-19(20)35-4)24-23(26(32)28(33)30(24)8-9-34-3)25(31)21-12-17-10-18(29)13-22(36-5)27(17)38-21/h6-7,10-13,15,24,32H,8-9,14H2,1-5H3. The van der Waals surface area contributed by atoms with Gasteiger partial charge in [-0.1, -0.05) is 31.5 Å². The van der Waals surface area contributed by atoms with Gasteiger partial charge in [-0.25, -0.2) is 0 Å². The van der Waals surface area contributed by atoms with Gasteiger partial charge in [-0.3, -0.25) is 9.59 Å². The van der Waals surface area contributed by atoms with Crippen molar-refractivity contribution in [2.75, 3.05) is 41.1 Å². The number of benzene rings is 2. The molecule has 0 radical (unpaired) electrons. The fourth-order valence-corrected chi connectivity index (χ4v) is 4.58. The molecule has 0 bridgehead atoms. The highest BCUT2D eigenvalue weighted by atomic mass is 35.5. The number of aliphatic hydroxyl groups is 1. The third-order valence-electron chi connectivity index (χ3n) is 6.15. The van der Waals surface area contributed by atoms with E-state index in [1.807, 2.05) is 13.8 Å². The largest absolute Gasteiger partial charge is 0.503 e. The summed E-state index contributed by atoms with van der Waals surface area (Å²) in [6, 6.07) is 8.95. The number of nitrogens with zero attached hydrogens (tertiary/aromatic N) is 1. The molecule has 10 heteroatoms. The molecule has 0 saturated carbocycles. The summed E-state index contributed by atoms with van der Waals surface area (Å²) in [5.74, 6) is -0.478. The molecule has 1 aliphatic rings. The Hall–Kier alpha value is -3.69. The molecule has 1 unspecified atom stereocenters. The van der Waals surface area contributed by atoms with Crippen LogP contribution in [0.1, 0.15) is 36.0 Å². The van der Waals surface area contributed by atoms with Crippen molar-refractivity contribution in [2.24, 2.45) is 5.92 Å². The number of halogens is 1. The molecule has 2 aromatic carbocycles. The van der Waals surface area contributed by atoms with Crippen LogP contribution < -0.4 is 14.2 Å². The van der Waals surface area contributed by atoms with Crippen molar-refractivity contribution in [3.8, 4) is 17.2 Å². The van der Waals surface area contributed by atoms with Crippen molar-refractivity contribution in [3.05, 3.63) is 64.1 Å². The zero-order valence-corrected chi connectivity index (χ0v) is 22.6. The number of amides is 1. The molecule has 0 saturated heterocycles. The number of aliphatic hydroxyl groups excluding tert-OH is 1. The predicted molar refractivity (Wildman–Crippen MR) is 141 cm³/mol. The number of ketones is 1. The van der Waals surface area contributed by atoms with Gasteiger partial charge in [0, 0.05) is 30.1 Å². The Labute approximate surface area is 225 Å². The highest BCUT2D eigenvalue weighted by Gasteiger charge is 2.44. The van der Waals surface area contributed by atoms with Crippen LogP contribution in [0, 0.1) is 5.92 Å². The molecular weight excluding hydrogens is 514 g/mol. The van der Waals surface area contributed by atoms with Crippen molar-refractivity contribution in [1.29, 1.82) is 0 Å². The van der Waals surface area contributed by atoms with E-state index in [9.17, 15) is 14.7 Å². The average Bonchev–Trinajstić information content (AvgIpc) is 3.43. The molecule has 1 aromatic heterocycles. The van der Waals surface area contributed by atoms with E-state index in [0.29, 0.717) is 45.4 Å². The number of fused-ring (bicyclic) bond motifs is 1. The maximum Gasteiger partial charge on any atom is 0.290 e. The number of hydrogen-bond donors (Lipinski definition) is 1. The molecule has 2 heterocycles. The molecule has 1 amide bonds. The molecule has 202 valence electrons. The lowest BCUT2D eigenvalue weighted by Gasteiger charge is -2.27. The van der Waals surface area contributed by atoms with Crippen molar-refractivity contribution in [3.63, 3.8) is 0 Å². The molecule has 4 rings (SSSR count). The van der Waals surface area contributed by atoms with Crippen LogP contribution in [-0.4, -0.2) is 62.8 Å². The Morgan fingerprint density at radius 2 is 1.82 bits per heavy atom. The van der Waals surface area contributed by atoms with E-state index in [2.05, 4.69) is 0 Å². The molecule has 1 atom stereocenters. The number of carbonyl (C=O) groups excluding carboxylic acids is 2. The van der Waals surface area contributed by atoms with Crippen LogP contribution in [0.25, 0.3) is 11.0 Å². The van der Waals surface area contributed by atoms with Crippen LogP contribution >= 0.6 is 11.6 Å². The first kappa shape index (κ1) is 27.3. The third-order valence-corrected chi connectivity index (χ3v) is 6.37. The molecule has 1 aliphatic heterocycles. The van der Waals surface area contributed by atoms with E-state index >= 15 is 0 Å². The number of hydrogen-bond acceptors (Lipinski definition) is 8. The molecule has 3 aromatic rings. The van der Waals surface area contributed by atoms with Crippen LogP contribution in [0.2, 0.25) is 5.02 Å². The fourth-order valence-electron chi connectivity index (χ4n) is 4.37. The molecule has 1 N–H and O–H groups in total. The number of Topliss-reactive ketones (excluding diaryl/α,β-unsaturated/α-hetero) is 1. The summed E-state index contributed by atoms with van der Waals surface area (Å²) in [4.78, 5) is 28.4. The first-order valence-electron chi connectivity index (χ1n) is 12.1. The van der Waals surface area contributed by atoms with Crippen LogP contribution in [0.15, 0.2) is 52.1 Å². The summed E-state index contributed by atoms with van der Waals surface area (Å²) in [5, 5.41) is 11.9. The van der Waals surface area contributed by atoms with Crippen molar-refractivity contribution < 1.29 is 38.1 Å². The van der Waals surface area contributed by atoms with Gasteiger partial charge >= 0.3 is 0 Å². The van der Waals surface area contributed by atoms with Gasteiger partial charge in [0.25, 0.3) is 5.91 Å². The Bertz CT molecular complexity index is 1390. The molecule has 0 spiro atoms. The quantitative estimate of drug-likeness (QED) is 0.322. The van der Waals surface area contributed by atoms with Crippen LogP contribution in [-0.2, 0) is 9.53 Å². The molecule has 38 heavy (non-hydrogen) atoms. The van der Waals surface area contributed by atoms with Crippen molar-refractivity contribution in [2.45, 2.75) is 19.9 Å². The van der Waals surface area contributed by atoms with Gasteiger partial charge in [0.15, 0.2) is 34.4 Å². The summed E-state index contributed by atoms with van der Waals surface area (Å²) < 4.78 is 27.8. The minimum Gasteiger partial charge on any atom is -0.503 e. The molecular formula is C28H30ClNO8. The van der Waals surface area contributed by atoms with Gasteiger partial charge in [0.1, 0.15) is 0 Å². The Morgan fingerprint density at radius 1 is 1.08 bits per heavy atom. The molecule has 0 aliphatic carbocycles. The summed E-state index contributed by atoms with van der Waals surface area (Å²) in [7, 11) is 4.50. The van der Waals surface area contributed by atoms with Gasteiger partial charge in [-0.15, -0.1) is 0 Å². The maximum absolute atomic E-state index is 13.8. The summed E-state index contributed by atoms with van der Waals surface area (Å²) in [6.45, 7) is 4.81. The lowest BCUT2D eigenvalue weighted by molar-refractivity contribution is -0.130. The number of furan rings is 1. The molecule has 0 fully saturated rings. The number of methoxy groups -OCH3 is 3. The summed E-state index contributed by atoms with van der Waals surface area (Å²) in [5.41, 5.74) is 0.764. The zero-order valence-electron chi connectivity index (χ0n) is 21.9. The van der Waals surface area contributed by atoms with E-state index in [1.165, 1.54) is 32.3 Å². The Morgan fingerprint density at radius 3 is 2.47 bits per heavy atom. The highest BCUT2D eigenvalue weighted by Crippen LogP contribution is 2.42. The van der Waals surface area contributed by atoms with Crippen LogP contribution in [0.3, 0.4) is 0 Å². The number of carbonyl (C=O) groups is 2. The SMILES string of the molecule is COCCN1C(=O)C(O)=C(C(=O)c2cc3cc(Cl)cc(OC)c3o2)C1c1ccc(OC)c(OCC(C)C)c1. The number of rotatable bonds is 11. The van der Waals surface area contributed by atoms with Gasteiger partial charge in [-0.2, -0.15) is 0 Å². The molecule has 9 nitrogen and oxygen atoms in total. The zero-order chi connectivity index (χ0) is 27.6. The van der Waals surface area contributed by atoms with Crippen LogP contribution in [0.4, 0.5) is 0 Å². The third kappa shape index (κ3) is 5.16. The minimum absolute atomic E-state index is 0.0710. The minimum atomic E-state index is -0.920. The average molecular weight is 544 g/mol. The van der Waals surface area contributed by atoms with Gasteiger partial charge in [-0.05, 0) is 35.7 Å². The van der Waals surface area contributed by atoms with E-state index in [1.54, 1.807) is 30.3 Å². The van der Waals surface area contributed by atoms with Crippen molar-refractivity contribution >= 4 is 34.3 Å². The van der Waals surface area contributed by atoms with Crippen LogP contribution in [0.5, 0.6) is 17.2 Å². The first-order valence-corrected chi connectivity index (χ1v) is 12.4. The first-order chi connectivity index (χ1) is 18.2. The Balaban J connectivity index is 1.82. The predicted octanol–water partition coefficient (Wildman–Crippen LogP) is 5.36. The second-order valence-corrected chi connectivity index (χ2v) is 9.67. The fraction of sp³-hybridized carbons (Fsp3) is 0.357. The van der Waals surface area contributed by atoms with Crippen molar-refractivity contribution in [1.82, 2.24) is 4.90 Å². The second-order valence-electron chi connectivity index (χ2n) is 9.24.